The largest absolute Gasteiger partial charge is 0.487 e. The van der Waals surface area contributed by atoms with Crippen LogP contribution in [0.25, 0.3) is 0 Å². The number of nitro benzene ring substituents is 1. The Morgan fingerprint density at radius 3 is 2.58 bits per heavy atom. The van der Waals surface area contributed by atoms with E-state index in [-0.39, 0.29) is 23.2 Å². The van der Waals surface area contributed by atoms with Gasteiger partial charge in [-0.3, -0.25) is 19.6 Å². The smallest absolute Gasteiger partial charge is 0.271 e. The first-order valence-electron chi connectivity index (χ1n) is 9.41. The van der Waals surface area contributed by atoms with E-state index < -0.39 is 4.92 Å². The van der Waals surface area contributed by atoms with Crippen LogP contribution in [0.3, 0.4) is 0 Å². The molecule has 31 heavy (non-hydrogen) atoms. The molecule has 10 heteroatoms. The fraction of sp³-hybridized carbons (Fsp3) is 0.238. The number of benzene rings is 2. The van der Waals surface area contributed by atoms with Crippen LogP contribution in [-0.4, -0.2) is 32.6 Å². The van der Waals surface area contributed by atoms with Crippen molar-refractivity contribution in [1.29, 1.82) is 0 Å². The van der Waals surface area contributed by atoms with Crippen LogP contribution in [0.5, 0.6) is 5.75 Å². The molecule has 0 aliphatic carbocycles. The zero-order valence-corrected chi connectivity index (χ0v) is 19.3. The first-order valence-corrected chi connectivity index (χ1v) is 10.6. The summed E-state index contributed by atoms with van der Waals surface area (Å²) < 4.78 is 8.32. The fourth-order valence-corrected chi connectivity index (χ4v) is 3.52. The van der Waals surface area contributed by atoms with E-state index in [0.29, 0.717) is 17.9 Å². The molecule has 0 N–H and O–H groups in total. The number of amides is 1. The predicted octanol–water partition coefficient (Wildman–Crippen LogP) is 5.08. The normalized spacial score (nSPS) is 10.7. The third-order valence-corrected chi connectivity index (χ3v) is 5.52. The molecular weight excluding hydrogens is 488 g/mol. The van der Waals surface area contributed by atoms with E-state index in [1.54, 1.807) is 36.2 Å². The highest BCUT2D eigenvalue weighted by molar-refractivity contribution is 9.10. The third kappa shape index (κ3) is 5.62. The highest BCUT2D eigenvalue weighted by atomic mass is 79.9. The molecule has 0 saturated heterocycles. The Morgan fingerprint density at radius 2 is 2.00 bits per heavy atom. The monoisotopic (exact) mass is 506 g/mol. The molecule has 0 unspecified atom stereocenters. The molecule has 1 amide bonds. The van der Waals surface area contributed by atoms with Gasteiger partial charge >= 0.3 is 0 Å². The van der Waals surface area contributed by atoms with Crippen molar-refractivity contribution < 1.29 is 14.5 Å². The summed E-state index contributed by atoms with van der Waals surface area (Å²) in [5.74, 6) is 0.230. The van der Waals surface area contributed by atoms with Gasteiger partial charge in [-0.15, -0.1) is 0 Å². The van der Waals surface area contributed by atoms with E-state index in [1.165, 1.54) is 18.2 Å². The number of aryl methyl sites for hydroxylation is 1. The van der Waals surface area contributed by atoms with Crippen LogP contribution in [0.2, 0.25) is 5.02 Å². The molecule has 0 saturated carbocycles. The Kier molecular flexibility index (Phi) is 7.29. The summed E-state index contributed by atoms with van der Waals surface area (Å²) in [6.45, 7) is 3.35. The number of ether oxygens (including phenoxy) is 1. The Balaban J connectivity index is 1.60. The standard InChI is InChI=1S/C21H20BrClN4O4/c1-3-26-11-17(22)19(24-26)12-25(2)21(28)15-6-4-14(5-7-15)13-31-20-9-8-16(27(29)30)10-18(20)23/h4-11H,3,12-13H2,1-2H3. The third-order valence-electron chi connectivity index (χ3n) is 4.57. The molecule has 3 rings (SSSR count). The van der Waals surface area contributed by atoms with Gasteiger partial charge in [-0.05, 0) is 46.6 Å². The Morgan fingerprint density at radius 1 is 1.29 bits per heavy atom. The molecule has 0 aliphatic heterocycles. The number of carbonyl (C=O) groups is 1. The van der Waals surface area contributed by atoms with Crippen molar-refractivity contribution >= 4 is 39.1 Å². The van der Waals surface area contributed by atoms with Crippen molar-refractivity contribution in [2.24, 2.45) is 0 Å². The van der Waals surface area contributed by atoms with Crippen LogP contribution < -0.4 is 4.74 Å². The number of hydrogen-bond acceptors (Lipinski definition) is 5. The topological polar surface area (TPSA) is 90.5 Å². The summed E-state index contributed by atoms with van der Waals surface area (Å²) in [4.78, 5) is 24.6. The highest BCUT2D eigenvalue weighted by Gasteiger charge is 2.16. The second-order valence-electron chi connectivity index (χ2n) is 6.80. The van der Waals surface area contributed by atoms with Crippen LogP contribution >= 0.6 is 27.5 Å². The lowest BCUT2D eigenvalue weighted by Crippen LogP contribution is -2.26. The van der Waals surface area contributed by atoms with Crippen molar-refractivity contribution in [3.8, 4) is 5.75 Å². The molecule has 0 radical (unpaired) electrons. The summed E-state index contributed by atoms with van der Waals surface area (Å²) in [5.41, 5.74) is 2.07. The van der Waals surface area contributed by atoms with Crippen molar-refractivity contribution in [1.82, 2.24) is 14.7 Å². The summed E-state index contributed by atoms with van der Waals surface area (Å²) in [6.07, 6.45) is 1.89. The van der Waals surface area contributed by atoms with Gasteiger partial charge in [-0.2, -0.15) is 5.10 Å². The van der Waals surface area contributed by atoms with E-state index >= 15 is 0 Å². The number of aromatic nitrogens is 2. The maximum atomic E-state index is 12.7. The van der Waals surface area contributed by atoms with Crippen molar-refractivity contribution in [3.63, 3.8) is 0 Å². The van der Waals surface area contributed by atoms with E-state index in [2.05, 4.69) is 21.0 Å². The highest BCUT2D eigenvalue weighted by Crippen LogP contribution is 2.29. The van der Waals surface area contributed by atoms with E-state index in [0.717, 1.165) is 22.3 Å². The SMILES string of the molecule is CCn1cc(Br)c(CN(C)C(=O)c2ccc(COc3ccc([N+](=O)[O-])cc3Cl)cc2)n1. The Hall–Kier alpha value is -2.91. The molecule has 0 aliphatic rings. The van der Waals surface area contributed by atoms with E-state index in [1.807, 2.05) is 17.8 Å². The van der Waals surface area contributed by atoms with Crippen molar-refractivity contribution in [2.75, 3.05) is 7.05 Å². The summed E-state index contributed by atoms with van der Waals surface area (Å²) in [6, 6.07) is 11.1. The minimum Gasteiger partial charge on any atom is -0.487 e. The number of nitrogens with zero attached hydrogens (tertiary/aromatic N) is 4. The zero-order valence-electron chi connectivity index (χ0n) is 16.9. The molecule has 0 spiro atoms. The number of halogens is 2. The van der Waals surface area contributed by atoms with Gasteiger partial charge in [-0.1, -0.05) is 23.7 Å². The molecule has 2 aromatic carbocycles. The lowest BCUT2D eigenvalue weighted by molar-refractivity contribution is -0.384. The van der Waals surface area contributed by atoms with Gasteiger partial charge in [0, 0.05) is 37.5 Å². The lowest BCUT2D eigenvalue weighted by Gasteiger charge is -2.16. The number of non-ortho nitro benzene ring substituents is 1. The summed E-state index contributed by atoms with van der Waals surface area (Å²) in [7, 11) is 1.73. The number of rotatable bonds is 8. The lowest BCUT2D eigenvalue weighted by atomic mass is 10.1. The molecule has 0 fully saturated rings. The zero-order chi connectivity index (χ0) is 22.5. The Labute approximate surface area is 192 Å². The molecule has 1 aromatic heterocycles. The number of nitro groups is 1. The van der Waals surface area contributed by atoms with Crippen molar-refractivity contribution in [3.05, 3.63) is 85.1 Å². The van der Waals surface area contributed by atoms with Crippen LogP contribution in [0.15, 0.2) is 53.1 Å². The minimum absolute atomic E-state index is 0.0992. The fourth-order valence-electron chi connectivity index (χ4n) is 2.85. The average Bonchev–Trinajstić information content (AvgIpc) is 3.11. The van der Waals surface area contributed by atoms with Gasteiger partial charge in [0.05, 0.1) is 26.7 Å². The van der Waals surface area contributed by atoms with Gasteiger partial charge in [0.1, 0.15) is 12.4 Å². The van der Waals surface area contributed by atoms with Crippen LogP contribution in [0, 0.1) is 10.1 Å². The van der Waals surface area contributed by atoms with Gasteiger partial charge in [0.2, 0.25) is 0 Å². The summed E-state index contributed by atoms with van der Waals surface area (Å²) >= 11 is 9.52. The number of hydrogen-bond donors (Lipinski definition) is 0. The second kappa shape index (κ2) is 9.93. The molecule has 162 valence electrons. The van der Waals surface area contributed by atoms with Crippen LogP contribution in [-0.2, 0) is 19.7 Å². The van der Waals surface area contributed by atoms with Crippen molar-refractivity contribution in [2.45, 2.75) is 26.6 Å². The van der Waals surface area contributed by atoms with Gasteiger partial charge < -0.3 is 9.64 Å². The molecule has 1 heterocycles. The maximum absolute atomic E-state index is 12.7. The average molecular weight is 508 g/mol. The maximum Gasteiger partial charge on any atom is 0.271 e. The molecule has 8 nitrogen and oxygen atoms in total. The van der Waals surface area contributed by atoms with Gasteiger partial charge in [0.15, 0.2) is 0 Å². The van der Waals surface area contributed by atoms with Crippen LogP contribution in [0.4, 0.5) is 5.69 Å². The molecule has 3 aromatic rings. The first-order chi connectivity index (χ1) is 14.8. The van der Waals surface area contributed by atoms with E-state index in [9.17, 15) is 14.9 Å². The van der Waals surface area contributed by atoms with Crippen LogP contribution in [0.1, 0.15) is 28.5 Å². The first kappa shape index (κ1) is 22.8. The quantitative estimate of drug-likeness (QED) is 0.313. The summed E-state index contributed by atoms with van der Waals surface area (Å²) in [5, 5.41) is 15.4. The number of carbonyl (C=O) groups excluding carboxylic acids is 1. The molecule has 0 bridgehead atoms. The minimum atomic E-state index is -0.517. The van der Waals surface area contributed by atoms with E-state index in [4.69, 9.17) is 16.3 Å². The molecular formula is C21H20BrClN4O4. The van der Waals surface area contributed by atoms with Gasteiger partial charge in [0.25, 0.3) is 11.6 Å². The molecule has 0 atom stereocenters. The second-order valence-corrected chi connectivity index (χ2v) is 8.06. The predicted molar refractivity (Wildman–Crippen MR) is 120 cm³/mol. The Bertz CT molecular complexity index is 1100. The van der Waals surface area contributed by atoms with Gasteiger partial charge in [-0.25, -0.2) is 0 Å².